The lowest BCUT2D eigenvalue weighted by Crippen LogP contribution is -2.33. The van der Waals surface area contributed by atoms with Gasteiger partial charge in [0.05, 0.1) is 0 Å². The van der Waals surface area contributed by atoms with Gasteiger partial charge in [0, 0.05) is 11.0 Å². The summed E-state index contributed by atoms with van der Waals surface area (Å²) in [7, 11) is -1.63. The van der Waals surface area contributed by atoms with E-state index in [0.29, 0.717) is 22.5 Å². The largest absolute Gasteiger partial charge is 0.489 e. The maximum Gasteiger partial charge on any atom is 0.489 e. The molecule has 0 aliphatic rings. The van der Waals surface area contributed by atoms with Gasteiger partial charge in [0.25, 0.3) is 0 Å². The Kier molecular flexibility index (Phi) is 3.65. The van der Waals surface area contributed by atoms with Crippen molar-refractivity contribution < 1.29 is 14.5 Å². The van der Waals surface area contributed by atoms with Crippen molar-refractivity contribution >= 4 is 23.7 Å². The topological polar surface area (TPSA) is 66.5 Å². The Morgan fingerprint density at radius 2 is 1.46 bits per heavy atom. The van der Waals surface area contributed by atoms with Crippen LogP contribution in [0.2, 0.25) is 0 Å². The zero-order valence-corrected chi connectivity index (χ0v) is 12.8. The number of hydrogen-bond donors (Lipinski definition) is 2. The fraction of sp³-hybridized carbons (Fsp3) is 0. The van der Waals surface area contributed by atoms with Gasteiger partial charge in [-0.25, -0.2) is 4.98 Å². The lowest BCUT2D eigenvalue weighted by molar-refractivity contribution is 0.426. The van der Waals surface area contributed by atoms with E-state index in [1.54, 1.807) is 6.07 Å². The number of hydrogen-bond acceptors (Lipinski definition) is 4. The molecule has 116 valence electrons. The van der Waals surface area contributed by atoms with Gasteiger partial charge in [-0.3, -0.25) is 0 Å². The Hall–Kier alpha value is -2.89. The predicted molar refractivity (Wildman–Crippen MR) is 94.7 cm³/mol. The van der Waals surface area contributed by atoms with Crippen molar-refractivity contribution in [2.45, 2.75) is 0 Å². The Bertz CT molecular complexity index is 963. The van der Waals surface area contributed by atoms with E-state index >= 15 is 0 Å². The molecule has 0 aliphatic heterocycles. The zero-order chi connectivity index (χ0) is 16.5. The van der Waals surface area contributed by atoms with Crippen molar-refractivity contribution in [3.8, 4) is 22.6 Å². The van der Waals surface area contributed by atoms with Crippen LogP contribution in [0.3, 0.4) is 0 Å². The molecule has 0 unspecified atom stereocenters. The lowest BCUT2D eigenvalue weighted by atomic mass is 9.72. The van der Waals surface area contributed by atoms with Gasteiger partial charge in [0.1, 0.15) is 5.52 Å². The van der Waals surface area contributed by atoms with Crippen molar-refractivity contribution in [3.63, 3.8) is 0 Å². The van der Waals surface area contributed by atoms with Gasteiger partial charge in [-0.15, -0.1) is 0 Å². The fourth-order valence-corrected chi connectivity index (χ4v) is 2.89. The molecule has 3 aromatic carbocycles. The van der Waals surface area contributed by atoms with Gasteiger partial charge < -0.3 is 14.5 Å². The number of benzene rings is 3. The number of nitrogens with zero attached hydrogens (tertiary/aromatic N) is 1. The number of oxazole rings is 1. The van der Waals surface area contributed by atoms with Crippen LogP contribution in [0.15, 0.2) is 77.2 Å². The highest BCUT2D eigenvalue weighted by molar-refractivity contribution is 6.62. The van der Waals surface area contributed by atoms with Crippen LogP contribution < -0.4 is 5.46 Å². The normalized spacial score (nSPS) is 10.9. The number of rotatable bonds is 3. The second-order valence-corrected chi connectivity index (χ2v) is 5.49. The molecule has 0 amide bonds. The van der Waals surface area contributed by atoms with Crippen LogP contribution >= 0.6 is 0 Å². The number of fused-ring (bicyclic) bond motifs is 1. The maximum atomic E-state index is 9.97. The van der Waals surface area contributed by atoms with Crippen LogP contribution in [0.1, 0.15) is 0 Å². The van der Waals surface area contributed by atoms with Crippen molar-refractivity contribution in [2.24, 2.45) is 0 Å². The Balaban J connectivity index is 1.95. The lowest BCUT2D eigenvalue weighted by Gasteiger charge is -2.12. The molecule has 0 atom stereocenters. The van der Waals surface area contributed by atoms with Crippen LogP contribution in [0.25, 0.3) is 33.7 Å². The van der Waals surface area contributed by atoms with Crippen molar-refractivity contribution in [2.75, 3.05) is 0 Å². The molecule has 4 rings (SSSR count). The second-order valence-electron chi connectivity index (χ2n) is 5.49. The van der Waals surface area contributed by atoms with E-state index in [2.05, 4.69) is 4.98 Å². The highest BCUT2D eigenvalue weighted by atomic mass is 16.4. The molecule has 1 aromatic heterocycles. The zero-order valence-electron chi connectivity index (χ0n) is 12.8. The van der Waals surface area contributed by atoms with Crippen molar-refractivity contribution in [3.05, 3.63) is 72.8 Å². The van der Waals surface area contributed by atoms with E-state index in [1.807, 2.05) is 66.7 Å². The predicted octanol–water partition coefficient (Wildman–Crippen LogP) is 2.84. The third-order valence-electron chi connectivity index (χ3n) is 3.97. The standard InChI is InChI=1S/C19H14BNO3/c22-20(23)18-14(13-7-2-1-3-8-13)9-6-10-15(18)19-21-16-11-4-5-12-17(16)24-19/h1-12,22-23H. The maximum absolute atomic E-state index is 9.97. The summed E-state index contributed by atoms with van der Waals surface area (Å²) in [5, 5.41) is 19.9. The summed E-state index contributed by atoms with van der Waals surface area (Å²) in [4.78, 5) is 4.47. The minimum atomic E-state index is -1.63. The highest BCUT2D eigenvalue weighted by Gasteiger charge is 2.24. The summed E-state index contributed by atoms with van der Waals surface area (Å²) in [5.41, 5.74) is 3.99. The molecule has 4 nitrogen and oxygen atoms in total. The Morgan fingerprint density at radius 1 is 0.750 bits per heavy atom. The summed E-state index contributed by atoms with van der Waals surface area (Å²) in [6.45, 7) is 0. The SMILES string of the molecule is OB(O)c1c(-c2ccccc2)cccc1-c1nc2ccccc2o1. The van der Waals surface area contributed by atoms with E-state index < -0.39 is 7.12 Å². The summed E-state index contributed by atoms with van der Waals surface area (Å²) in [6, 6.07) is 22.6. The average Bonchev–Trinajstić information content (AvgIpc) is 3.06. The molecule has 0 saturated heterocycles. The third-order valence-corrected chi connectivity index (χ3v) is 3.97. The summed E-state index contributed by atoms with van der Waals surface area (Å²) >= 11 is 0. The molecule has 0 bridgehead atoms. The first-order valence-corrected chi connectivity index (χ1v) is 7.64. The van der Waals surface area contributed by atoms with Gasteiger partial charge in [0.2, 0.25) is 5.89 Å². The third kappa shape index (κ3) is 2.50. The first-order chi connectivity index (χ1) is 11.7. The molecule has 0 fully saturated rings. The summed E-state index contributed by atoms with van der Waals surface area (Å²) in [5.74, 6) is 0.372. The van der Waals surface area contributed by atoms with Gasteiger partial charge in [0.15, 0.2) is 5.58 Å². The average molecular weight is 315 g/mol. The molecule has 0 saturated carbocycles. The van der Waals surface area contributed by atoms with Crippen molar-refractivity contribution in [1.82, 2.24) is 4.98 Å². The molecular weight excluding hydrogens is 301 g/mol. The highest BCUT2D eigenvalue weighted by Crippen LogP contribution is 2.27. The minimum absolute atomic E-state index is 0.372. The minimum Gasteiger partial charge on any atom is -0.436 e. The first-order valence-electron chi connectivity index (χ1n) is 7.64. The van der Waals surface area contributed by atoms with Gasteiger partial charge >= 0.3 is 7.12 Å². The fourth-order valence-electron chi connectivity index (χ4n) is 2.89. The number of aromatic nitrogens is 1. The van der Waals surface area contributed by atoms with Gasteiger partial charge in [-0.2, -0.15) is 0 Å². The first kappa shape index (κ1) is 14.7. The summed E-state index contributed by atoms with van der Waals surface area (Å²) in [6.07, 6.45) is 0. The quantitative estimate of drug-likeness (QED) is 0.571. The van der Waals surface area contributed by atoms with E-state index in [1.165, 1.54) is 0 Å². The second kappa shape index (κ2) is 5.96. The van der Waals surface area contributed by atoms with Crippen LogP contribution in [-0.4, -0.2) is 22.2 Å². The smallest absolute Gasteiger partial charge is 0.436 e. The van der Waals surface area contributed by atoms with Gasteiger partial charge in [-0.05, 0) is 29.3 Å². The van der Waals surface area contributed by atoms with Crippen molar-refractivity contribution in [1.29, 1.82) is 0 Å². The summed E-state index contributed by atoms with van der Waals surface area (Å²) < 4.78 is 5.80. The van der Waals surface area contributed by atoms with E-state index in [0.717, 1.165) is 16.6 Å². The van der Waals surface area contributed by atoms with Crippen LogP contribution in [0.5, 0.6) is 0 Å². The van der Waals surface area contributed by atoms with E-state index in [9.17, 15) is 10.0 Å². The molecule has 5 heteroatoms. The monoisotopic (exact) mass is 315 g/mol. The molecule has 1 heterocycles. The van der Waals surface area contributed by atoms with Crippen LogP contribution in [0, 0.1) is 0 Å². The van der Waals surface area contributed by atoms with Crippen LogP contribution in [0.4, 0.5) is 0 Å². The molecule has 2 N–H and O–H groups in total. The number of para-hydroxylation sites is 2. The van der Waals surface area contributed by atoms with E-state index in [-0.39, 0.29) is 0 Å². The van der Waals surface area contributed by atoms with Gasteiger partial charge in [-0.1, -0.05) is 54.6 Å². The Morgan fingerprint density at radius 3 is 2.21 bits per heavy atom. The van der Waals surface area contributed by atoms with Crippen LogP contribution in [-0.2, 0) is 0 Å². The Labute approximate surface area is 139 Å². The molecular formula is C19H14BNO3. The molecule has 0 aliphatic carbocycles. The molecule has 24 heavy (non-hydrogen) atoms. The van der Waals surface area contributed by atoms with E-state index in [4.69, 9.17) is 4.42 Å². The molecule has 0 spiro atoms. The molecule has 0 radical (unpaired) electrons. The molecule has 4 aromatic rings.